The molecule has 92 valence electrons. The molecule has 1 aliphatic heterocycles. The molecule has 1 aromatic carbocycles. The molecular weight excluding hydrogens is 221 g/mol. The maximum absolute atomic E-state index is 13.3. The Morgan fingerprint density at radius 1 is 1.53 bits per heavy atom. The highest BCUT2D eigenvalue weighted by Crippen LogP contribution is 2.20. The van der Waals surface area contributed by atoms with Crippen LogP contribution in [-0.4, -0.2) is 18.1 Å². The van der Waals surface area contributed by atoms with Crippen molar-refractivity contribution in [3.05, 3.63) is 35.6 Å². The van der Waals surface area contributed by atoms with Gasteiger partial charge in [-0.2, -0.15) is 0 Å². The van der Waals surface area contributed by atoms with Gasteiger partial charge in [0, 0.05) is 5.56 Å². The Balaban J connectivity index is 1.94. The summed E-state index contributed by atoms with van der Waals surface area (Å²) < 4.78 is 18.5. The second-order valence-electron chi connectivity index (χ2n) is 4.53. The molecule has 1 saturated heterocycles. The standard InChI is InChI=1S/C13H16FNO2/c1-13(7-4-8-15-13)12(16)17-9-10-5-2-3-6-11(10)14/h2-3,5-6,15H,4,7-9H2,1H3. The van der Waals surface area contributed by atoms with Crippen LogP contribution in [0.25, 0.3) is 0 Å². The summed E-state index contributed by atoms with van der Waals surface area (Å²) in [7, 11) is 0. The average Bonchev–Trinajstić information content (AvgIpc) is 2.76. The molecule has 1 atom stereocenters. The van der Waals surface area contributed by atoms with Crippen molar-refractivity contribution in [2.75, 3.05) is 6.54 Å². The molecule has 1 heterocycles. The van der Waals surface area contributed by atoms with Crippen LogP contribution in [0.2, 0.25) is 0 Å². The van der Waals surface area contributed by atoms with Crippen molar-refractivity contribution in [1.82, 2.24) is 5.32 Å². The Morgan fingerprint density at radius 3 is 2.94 bits per heavy atom. The summed E-state index contributed by atoms with van der Waals surface area (Å²) in [5, 5.41) is 3.12. The van der Waals surface area contributed by atoms with E-state index in [0.717, 1.165) is 19.4 Å². The van der Waals surface area contributed by atoms with E-state index in [0.29, 0.717) is 5.56 Å². The van der Waals surface area contributed by atoms with Gasteiger partial charge in [0.15, 0.2) is 0 Å². The summed E-state index contributed by atoms with van der Waals surface area (Å²) in [6.07, 6.45) is 1.73. The van der Waals surface area contributed by atoms with E-state index < -0.39 is 5.54 Å². The Morgan fingerprint density at radius 2 is 2.29 bits per heavy atom. The van der Waals surface area contributed by atoms with Crippen molar-refractivity contribution >= 4 is 5.97 Å². The minimum absolute atomic E-state index is 0.0111. The first-order valence-electron chi connectivity index (χ1n) is 5.77. The number of halogens is 1. The molecule has 0 radical (unpaired) electrons. The first-order valence-corrected chi connectivity index (χ1v) is 5.77. The molecule has 0 aliphatic carbocycles. The van der Waals surface area contributed by atoms with E-state index in [-0.39, 0.29) is 18.4 Å². The number of carbonyl (C=O) groups excluding carboxylic acids is 1. The topological polar surface area (TPSA) is 38.3 Å². The maximum Gasteiger partial charge on any atom is 0.326 e. The van der Waals surface area contributed by atoms with Crippen LogP contribution in [0.4, 0.5) is 4.39 Å². The van der Waals surface area contributed by atoms with Crippen LogP contribution in [-0.2, 0) is 16.1 Å². The molecule has 0 bridgehead atoms. The second-order valence-corrected chi connectivity index (χ2v) is 4.53. The Hall–Kier alpha value is -1.42. The number of carbonyl (C=O) groups is 1. The van der Waals surface area contributed by atoms with E-state index >= 15 is 0 Å². The van der Waals surface area contributed by atoms with Gasteiger partial charge < -0.3 is 10.1 Å². The third kappa shape index (κ3) is 2.64. The maximum atomic E-state index is 13.3. The predicted molar refractivity (Wildman–Crippen MR) is 61.8 cm³/mol. The number of hydrogen-bond donors (Lipinski definition) is 1. The molecule has 1 unspecified atom stereocenters. The monoisotopic (exact) mass is 237 g/mol. The van der Waals surface area contributed by atoms with Gasteiger partial charge in [-0.25, -0.2) is 4.39 Å². The van der Waals surface area contributed by atoms with Crippen LogP contribution < -0.4 is 5.32 Å². The van der Waals surface area contributed by atoms with E-state index in [9.17, 15) is 9.18 Å². The van der Waals surface area contributed by atoms with Gasteiger partial charge in [-0.3, -0.25) is 4.79 Å². The van der Waals surface area contributed by atoms with Crippen LogP contribution >= 0.6 is 0 Å². The van der Waals surface area contributed by atoms with E-state index in [1.165, 1.54) is 6.07 Å². The zero-order valence-corrected chi connectivity index (χ0v) is 9.83. The zero-order valence-electron chi connectivity index (χ0n) is 9.83. The fourth-order valence-corrected chi connectivity index (χ4v) is 1.99. The van der Waals surface area contributed by atoms with E-state index in [4.69, 9.17) is 4.74 Å². The number of rotatable bonds is 3. The lowest BCUT2D eigenvalue weighted by Gasteiger charge is -2.21. The highest BCUT2D eigenvalue weighted by atomic mass is 19.1. The van der Waals surface area contributed by atoms with E-state index in [2.05, 4.69) is 5.32 Å². The molecule has 1 fully saturated rings. The molecular formula is C13H16FNO2. The lowest BCUT2D eigenvalue weighted by Crippen LogP contribution is -2.45. The number of benzene rings is 1. The quantitative estimate of drug-likeness (QED) is 0.817. The third-order valence-electron chi connectivity index (χ3n) is 3.14. The largest absolute Gasteiger partial charge is 0.459 e. The highest BCUT2D eigenvalue weighted by Gasteiger charge is 2.37. The SMILES string of the molecule is CC1(C(=O)OCc2ccccc2F)CCCN1. The van der Waals surface area contributed by atoms with Crippen LogP contribution in [0.15, 0.2) is 24.3 Å². The zero-order chi connectivity index (χ0) is 12.3. The van der Waals surface area contributed by atoms with Gasteiger partial charge >= 0.3 is 5.97 Å². The minimum atomic E-state index is -0.606. The number of nitrogens with one attached hydrogen (secondary N) is 1. The molecule has 4 heteroatoms. The smallest absolute Gasteiger partial charge is 0.326 e. The van der Waals surface area contributed by atoms with Gasteiger partial charge in [0.1, 0.15) is 18.0 Å². The fourth-order valence-electron chi connectivity index (χ4n) is 1.99. The summed E-state index contributed by atoms with van der Waals surface area (Å²) in [5.41, 5.74) is -0.201. The third-order valence-corrected chi connectivity index (χ3v) is 3.14. The Bertz CT molecular complexity index is 414. The van der Waals surface area contributed by atoms with Crippen LogP contribution in [0.1, 0.15) is 25.3 Å². The van der Waals surface area contributed by atoms with Crippen LogP contribution in [0.5, 0.6) is 0 Å². The van der Waals surface area contributed by atoms with Crippen molar-refractivity contribution in [3.8, 4) is 0 Å². The van der Waals surface area contributed by atoms with E-state index in [1.807, 2.05) is 6.92 Å². The lowest BCUT2D eigenvalue weighted by atomic mass is 10.0. The average molecular weight is 237 g/mol. The molecule has 1 aromatic rings. The van der Waals surface area contributed by atoms with Gasteiger partial charge in [0.05, 0.1) is 0 Å². The van der Waals surface area contributed by atoms with Gasteiger partial charge in [0.2, 0.25) is 0 Å². The van der Waals surface area contributed by atoms with E-state index in [1.54, 1.807) is 18.2 Å². The molecule has 17 heavy (non-hydrogen) atoms. The normalized spacial score (nSPS) is 23.6. The molecule has 0 aromatic heterocycles. The van der Waals surface area contributed by atoms with Gasteiger partial charge in [-0.1, -0.05) is 18.2 Å². The lowest BCUT2D eigenvalue weighted by molar-refractivity contribution is -0.151. The van der Waals surface area contributed by atoms with Gasteiger partial charge in [-0.15, -0.1) is 0 Å². The summed E-state index contributed by atoms with van der Waals surface area (Å²) in [5.74, 6) is -0.650. The Kier molecular flexibility index (Phi) is 3.43. The molecule has 0 amide bonds. The number of ether oxygens (including phenoxy) is 1. The van der Waals surface area contributed by atoms with Crippen molar-refractivity contribution < 1.29 is 13.9 Å². The molecule has 1 N–H and O–H groups in total. The summed E-state index contributed by atoms with van der Waals surface area (Å²) in [6, 6.07) is 6.31. The van der Waals surface area contributed by atoms with Crippen molar-refractivity contribution in [1.29, 1.82) is 0 Å². The van der Waals surface area contributed by atoms with Crippen molar-refractivity contribution in [2.24, 2.45) is 0 Å². The summed E-state index contributed by atoms with van der Waals surface area (Å²) in [4.78, 5) is 11.8. The molecule has 1 aliphatic rings. The highest BCUT2D eigenvalue weighted by molar-refractivity contribution is 5.80. The number of hydrogen-bond acceptors (Lipinski definition) is 3. The first kappa shape index (κ1) is 12.0. The van der Waals surface area contributed by atoms with Crippen LogP contribution in [0.3, 0.4) is 0 Å². The second kappa shape index (κ2) is 4.84. The van der Waals surface area contributed by atoms with Crippen molar-refractivity contribution in [2.45, 2.75) is 31.9 Å². The van der Waals surface area contributed by atoms with Crippen molar-refractivity contribution in [3.63, 3.8) is 0 Å². The fraction of sp³-hybridized carbons (Fsp3) is 0.462. The Labute approximate surface area is 100.0 Å². The summed E-state index contributed by atoms with van der Waals surface area (Å²) in [6.45, 7) is 2.64. The van der Waals surface area contributed by atoms with Gasteiger partial charge in [0.25, 0.3) is 0 Å². The molecule has 0 spiro atoms. The molecule has 3 nitrogen and oxygen atoms in total. The molecule has 2 rings (SSSR count). The molecule has 0 saturated carbocycles. The first-order chi connectivity index (χ1) is 8.12. The van der Waals surface area contributed by atoms with Gasteiger partial charge in [-0.05, 0) is 32.4 Å². The minimum Gasteiger partial charge on any atom is -0.459 e. The van der Waals surface area contributed by atoms with Crippen LogP contribution in [0, 0.1) is 5.82 Å². The predicted octanol–water partition coefficient (Wildman–Crippen LogP) is 2.01. The number of esters is 1. The summed E-state index contributed by atoms with van der Waals surface area (Å²) >= 11 is 0.